The van der Waals surface area contributed by atoms with E-state index in [0.717, 1.165) is 5.56 Å². The van der Waals surface area contributed by atoms with Crippen LogP contribution in [0.15, 0.2) is 121 Å². The third-order valence-corrected chi connectivity index (χ3v) is 6.76. The van der Waals surface area contributed by atoms with E-state index in [0.29, 0.717) is 5.56 Å². The Morgan fingerprint density at radius 1 is 0.674 bits per heavy atom. The summed E-state index contributed by atoms with van der Waals surface area (Å²) in [5.74, 6) is -2.10. The monoisotopic (exact) mass is 582 g/mol. The molecule has 1 aliphatic heterocycles. The largest absolute Gasteiger partial charge is 0.458 e. The van der Waals surface area contributed by atoms with Gasteiger partial charge in [0.25, 0.3) is 0 Å². The van der Waals surface area contributed by atoms with Gasteiger partial charge >= 0.3 is 17.9 Å². The van der Waals surface area contributed by atoms with Gasteiger partial charge in [-0.25, -0.2) is 14.4 Å². The number of esters is 3. The molecule has 5 rings (SSSR count). The molecule has 1 aliphatic rings. The zero-order valence-corrected chi connectivity index (χ0v) is 23.1. The Morgan fingerprint density at radius 3 is 1.72 bits per heavy atom. The second kappa shape index (κ2) is 14.4. The van der Waals surface area contributed by atoms with Crippen LogP contribution in [0.5, 0.6) is 0 Å². The molecule has 4 aromatic rings. The Labute approximate surface area is 248 Å². The summed E-state index contributed by atoms with van der Waals surface area (Å²) < 4.78 is 29.0. The van der Waals surface area contributed by atoms with Gasteiger partial charge in [-0.1, -0.05) is 84.9 Å². The average molecular weight is 583 g/mol. The van der Waals surface area contributed by atoms with E-state index in [2.05, 4.69) is 0 Å². The van der Waals surface area contributed by atoms with Gasteiger partial charge in [-0.3, -0.25) is 0 Å². The first kappa shape index (κ1) is 29.7. The van der Waals surface area contributed by atoms with Crippen molar-refractivity contribution in [3.63, 3.8) is 0 Å². The third-order valence-electron chi connectivity index (χ3n) is 6.76. The molecule has 0 aliphatic carbocycles. The summed E-state index contributed by atoms with van der Waals surface area (Å²) in [4.78, 5) is 39.0. The van der Waals surface area contributed by atoms with E-state index in [4.69, 9.17) is 23.7 Å². The summed E-state index contributed by atoms with van der Waals surface area (Å²) in [5, 5.41) is 11.3. The number of aliphatic hydroxyl groups is 1. The maximum Gasteiger partial charge on any atom is 0.338 e. The van der Waals surface area contributed by atoms with Crippen LogP contribution in [0, 0.1) is 0 Å². The van der Waals surface area contributed by atoms with E-state index in [1.165, 1.54) is 0 Å². The summed E-state index contributed by atoms with van der Waals surface area (Å²) in [7, 11) is 0. The molecule has 0 radical (unpaired) electrons. The fraction of sp³-hybridized carbons (Fsp3) is 0.206. The molecule has 0 spiro atoms. The summed E-state index contributed by atoms with van der Waals surface area (Å²) in [6.45, 7) is -0.361. The van der Waals surface area contributed by atoms with Crippen molar-refractivity contribution in [3.8, 4) is 0 Å². The SMILES string of the molecule is O=C(OC[C@@H](OC(=O)c1ccccc1)[C@@H]1O[C@H](OCc2ccccc2)[C@H](O)[C@H]1OC(=O)c1ccccc1)c1ccccc1. The van der Waals surface area contributed by atoms with E-state index in [9.17, 15) is 19.5 Å². The van der Waals surface area contributed by atoms with Gasteiger partial charge in [0, 0.05) is 0 Å². The predicted octanol–water partition coefficient (Wildman–Crippen LogP) is 4.60. The molecule has 1 saturated heterocycles. The lowest BCUT2D eigenvalue weighted by Gasteiger charge is -2.27. The number of hydrogen-bond donors (Lipinski definition) is 1. The Kier molecular flexibility index (Phi) is 9.91. The van der Waals surface area contributed by atoms with E-state index in [1.54, 1.807) is 91.0 Å². The lowest BCUT2D eigenvalue weighted by atomic mass is 10.1. The highest BCUT2D eigenvalue weighted by Gasteiger charge is 2.52. The van der Waals surface area contributed by atoms with Crippen molar-refractivity contribution in [1.29, 1.82) is 0 Å². The second-order valence-corrected chi connectivity index (χ2v) is 9.77. The van der Waals surface area contributed by atoms with Crippen LogP contribution in [0.1, 0.15) is 36.6 Å². The number of ether oxygens (including phenoxy) is 5. The van der Waals surface area contributed by atoms with Gasteiger partial charge in [0.05, 0.1) is 23.3 Å². The van der Waals surface area contributed by atoms with Gasteiger partial charge < -0.3 is 28.8 Å². The van der Waals surface area contributed by atoms with Gasteiger partial charge in [0.1, 0.15) is 18.8 Å². The van der Waals surface area contributed by atoms with Gasteiger partial charge in [-0.2, -0.15) is 0 Å². The van der Waals surface area contributed by atoms with Crippen LogP contribution in [0.4, 0.5) is 0 Å². The van der Waals surface area contributed by atoms with Crippen LogP contribution in [0.3, 0.4) is 0 Å². The molecule has 0 unspecified atom stereocenters. The van der Waals surface area contributed by atoms with Crippen molar-refractivity contribution in [1.82, 2.24) is 0 Å². The Morgan fingerprint density at radius 2 is 1.16 bits per heavy atom. The molecule has 0 amide bonds. The topological polar surface area (TPSA) is 118 Å². The van der Waals surface area contributed by atoms with Crippen molar-refractivity contribution in [3.05, 3.63) is 144 Å². The molecule has 0 bridgehead atoms. The van der Waals surface area contributed by atoms with Crippen LogP contribution in [0.25, 0.3) is 0 Å². The van der Waals surface area contributed by atoms with Crippen LogP contribution in [0.2, 0.25) is 0 Å². The van der Waals surface area contributed by atoms with Crippen molar-refractivity contribution in [2.75, 3.05) is 6.61 Å². The standard InChI is InChI=1S/C34H30O9/c35-28-30(42-33(38)26-19-11-4-12-20-26)29(43-34(28)40-21-23-13-5-1-6-14-23)27(41-32(37)25-17-9-3-10-18-25)22-39-31(36)24-15-7-2-8-16-24/h1-20,27-30,34-35H,21-22H2/t27-,28-,29+,30-,34+/m1/s1. The highest BCUT2D eigenvalue weighted by molar-refractivity contribution is 5.90. The van der Waals surface area contributed by atoms with Crippen molar-refractivity contribution >= 4 is 17.9 Å². The summed E-state index contributed by atoms with van der Waals surface area (Å²) in [6.07, 6.45) is -6.57. The molecule has 9 nitrogen and oxygen atoms in total. The van der Waals surface area contributed by atoms with Crippen LogP contribution in [-0.4, -0.2) is 60.3 Å². The molecule has 1 N–H and O–H groups in total. The van der Waals surface area contributed by atoms with E-state index in [1.807, 2.05) is 30.3 Å². The first-order valence-corrected chi connectivity index (χ1v) is 13.7. The lowest BCUT2D eigenvalue weighted by Crippen LogP contribution is -2.46. The molecule has 5 atom stereocenters. The van der Waals surface area contributed by atoms with Crippen molar-refractivity contribution in [2.45, 2.75) is 37.3 Å². The summed E-state index contributed by atoms with van der Waals surface area (Å²) >= 11 is 0. The minimum absolute atomic E-state index is 0.0894. The number of rotatable bonds is 11. The quantitative estimate of drug-likeness (QED) is 0.200. The fourth-order valence-electron chi connectivity index (χ4n) is 4.55. The molecule has 0 aromatic heterocycles. The Hall–Kier alpha value is -4.83. The number of benzene rings is 4. The highest BCUT2D eigenvalue weighted by Crippen LogP contribution is 2.31. The molecular formula is C34H30O9. The molecule has 220 valence electrons. The van der Waals surface area contributed by atoms with E-state index < -0.39 is 55.2 Å². The van der Waals surface area contributed by atoms with Crippen LogP contribution in [-0.2, 0) is 30.3 Å². The maximum absolute atomic E-state index is 13.1. The number of aliphatic hydroxyl groups excluding tert-OH is 1. The average Bonchev–Trinajstić information content (AvgIpc) is 3.37. The first-order valence-electron chi connectivity index (χ1n) is 13.7. The molecule has 43 heavy (non-hydrogen) atoms. The van der Waals surface area contributed by atoms with E-state index >= 15 is 0 Å². The van der Waals surface area contributed by atoms with Crippen molar-refractivity contribution < 1.29 is 43.2 Å². The summed E-state index contributed by atoms with van der Waals surface area (Å²) in [5.41, 5.74) is 1.60. The summed E-state index contributed by atoms with van der Waals surface area (Å²) in [6, 6.07) is 34.0. The van der Waals surface area contributed by atoms with Crippen LogP contribution < -0.4 is 0 Å². The lowest BCUT2D eigenvalue weighted by molar-refractivity contribution is -0.186. The van der Waals surface area contributed by atoms with Gasteiger partial charge in [-0.15, -0.1) is 0 Å². The maximum atomic E-state index is 13.1. The minimum atomic E-state index is -1.45. The number of carbonyl (C=O) groups is 3. The predicted molar refractivity (Wildman–Crippen MR) is 154 cm³/mol. The smallest absolute Gasteiger partial charge is 0.338 e. The molecule has 9 heteroatoms. The van der Waals surface area contributed by atoms with E-state index in [-0.39, 0.29) is 17.7 Å². The molecule has 1 fully saturated rings. The number of carbonyl (C=O) groups excluding carboxylic acids is 3. The fourth-order valence-corrected chi connectivity index (χ4v) is 4.55. The third kappa shape index (κ3) is 7.72. The highest BCUT2D eigenvalue weighted by atomic mass is 16.7. The van der Waals surface area contributed by atoms with Gasteiger partial charge in [0.2, 0.25) is 0 Å². The zero-order valence-electron chi connectivity index (χ0n) is 23.1. The molecule has 0 saturated carbocycles. The molecular weight excluding hydrogens is 552 g/mol. The zero-order chi connectivity index (χ0) is 30.0. The number of hydrogen-bond acceptors (Lipinski definition) is 9. The Bertz CT molecular complexity index is 1480. The molecule has 4 aromatic carbocycles. The van der Waals surface area contributed by atoms with Crippen molar-refractivity contribution in [2.24, 2.45) is 0 Å². The Balaban J connectivity index is 1.40. The normalized spacial score (nSPS) is 20.1. The van der Waals surface area contributed by atoms with Gasteiger partial charge in [0.15, 0.2) is 18.5 Å². The second-order valence-electron chi connectivity index (χ2n) is 9.77. The van der Waals surface area contributed by atoms with Crippen LogP contribution >= 0.6 is 0 Å². The molecule has 1 heterocycles. The minimum Gasteiger partial charge on any atom is -0.458 e. The van der Waals surface area contributed by atoms with Gasteiger partial charge in [-0.05, 0) is 42.0 Å². The first-order chi connectivity index (χ1) is 21.0.